The maximum Gasteiger partial charge on any atom is 0.251 e. The summed E-state index contributed by atoms with van der Waals surface area (Å²) in [5.41, 5.74) is 1.61. The number of amides is 1. The molecule has 0 aliphatic rings. The minimum Gasteiger partial charge on any atom is -0.381 e. The van der Waals surface area contributed by atoms with E-state index in [9.17, 15) is 4.79 Å². The SMILES string of the molecule is CC(C)COCCCNC(=O)c1cccc(CCl)c1. The Kier molecular flexibility index (Phi) is 7.53. The van der Waals surface area contributed by atoms with Crippen molar-refractivity contribution < 1.29 is 9.53 Å². The lowest BCUT2D eigenvalue weighted by atomic mass is 10.1. The molecule has 0 bridgehead atoms. The van der Waals surface area contributed by atoms with Gasteiger partial charge in [-0.2, -0.15) is 0 Å². The van der Waals surface area contributed by atoms with Gasteiger partial charge in [-0.1, -0.05) is 26.0 Å². The van der Waals surface area contributed by atoms with Crippen molar-refractivity contribution in [1.29, 1.82) is 0 Å². The lowest BCUT2D eigenvalue weighted by Crippen LogP contribution is -2.25. The number of hydrogen-bond acceptors (Lipinski definition) is 2. The average Bonchev–Trinajstić information content (AvgIpc) is 2.42. The fourth-order valence-corrected chi connectivity index (χ4v) is 1.76. The van der Waals surface area contributed by atoms with Crippen LogP contribution < -0.4 is 5.32 Å². The van der Waals surface area contributed by atoms with Gasteiger partial charge in [-0.05, 0) is 30.0 Å². The van der Waals surface area contributed by atoms with E-state index in [2.05, 4.69) is 19.2 Å². The Labute approximate surface area is 120 Å². The first kappa shape index (κ1) is 16.0. The summed E-state index contributed by atoms with van der Waals surface area (Å²) in [7, 11) is 0. The van der Waals surface area contributed by atoms with Crippen LogP contribution in [0.2, 0.25) is 0 Å². The van der Waals surface area contributed by atoms with Gasteiger partial charge in [-0.25, -0.2) is 0 Å². The van der Waals surface area contributed by atoms with Crippen molar-refractivity contribution >= 4 is 17.5 Å². The van der Waals surface area contributed by atoms with Crippen LogP contribution >= 0.6 is 11.6 Å². The smallest absolute Gasteiger partial charge is 0.251 e. The molecule has 0 spiro atoms. The zero-order valence-electron chi connectivity index (χ0n) is 11.6. The number of nitrogens with one attached hydrogen (secondary N) is 1. The molecular formula is C15H22ClNO2. The highest BCUT2D eigenvalue weighted by molar-refractivity contribution is 6.17. The fraction of sp³-hybridized carbons (Fsp3) is 0.533. The Morgan fingerprint density at radius 2 is 2.21 bits per heavy atom. The minimum absolute atomic E-state index is 0.0594. The Hall–Kier alpha value is -1.06. The summed E-state index contributed by atoms with van der Waals surface area (Å²) in [5.74, 6) is 0.910. The second-order valence-electron chi connectivity index (χ2n) is 4.91. The molecule has 0 aliphatic heterocycles. The van der Waals surface area contributed by atoms with Crippen LogP contribution in [0.4, 0.5) is 0 Å². The van der Waals surface area contributed by atoms with Crippen LogP contribution in [0.5, 0.6) is 0 Å². The van der Waals surface area contributed by atoms with Gasteiger partial charge in [0.15, 0.2) is 0 Å². The van der Waals surface area contributed by atoms with Crippen molar-refractivity contribution in [2.24, 2.45) is 5.92 Å². The van der Waals surface area contributed by atoms with E-state index in [1.807, 2.05) is 18.2 Å². The van der Waals surface area contributed by atoms with Gasteiger partial charge in [0.05, 0.1) is 0 Å². The summed E-state index contributed by atoms with van der Waals surface area (Å²) >= 11 is 5.74. The second-order valence-corrected chi connectivity index (χ2v) is 5.18. The molecule has 19 heavy (non-hydrogen) atoms. The Balaban J connectivity index is 2.23. The fourth-order valence-electron chi connectivity index (χ4n) is 1.59. The Morgan fingerprint density at radius 3 is 2.89 bits per heavy atom. The van der Waals surface area contributed by atoms with Crippen LogP contribution in [0.15, 0.2) is 24.3 Å². The van der Waals surface area contributed by atoms with Crippen LogP contribution in [0.1, 0.15) is 36.2 Å². The van der Waals surface area contributed by atoms with E-state index in [-0.39, 0.29) is 5.91 Å². The summed E-state index contributed by atoms with van der Waals surface area (Å²) in [4.78, 5) is 11.9. The molecule has 1 rings (SSSR count). The van der Waals surface area contributed by atoms with Gasteiger partial charge in [0.2, 0.25) is 0 Å². The molecular weight excluding hydrogens is 262 g/mol. The van der Waals surface area contributed by atoms with Crippen LogP contribution in [0.25, 0.3) is 0 Å². The first-order valence-electron chi connectivity index (χ1n) is 6.64. The van der Waals surface area contributed by atoms with E-state index >= 15 is 0 Å². The molecule has 1 amide bonds. The van der Waals surface area contributed by atoms with Crippen molar-refractivity contribution in [3.05, 3.63) is 35.4 Å². The molecule has 3 nitrogen and oxygen atoms in total. The molecule has 0 heterocycles. The second kappa shape index (κ2) is 8.94. The van der Waals surface area contributed by atoms with Gasteiger partial charge in [-0.3, -0.25) is 4.79 Å². The summed E-state index contributed by atoms with van der Waals surface area (Å²) in [6.07, 6.45) is 0.827. The number of carbonyl (C=O) groups is 1. The summed E-state index contributed by atoms with van der Waals surface area (Å²) in [5, 5.41) is 2.88. The normalized spacial score (nSPS) is 10.7. The van der Waals surface area contributed by atoms with E-state index in [0.29, 0.717) is 30.5 Å². The van der Waals surface area contributed by atoms with E-state index in [1.54, 1.807) is 6.07 Å². The minimum atomic E-state index is -0.0594. The summed E-state index contributed by atoms with van der Waals surface area (Å²) in [6, 6.07) is 7.36. The van der Waals surface area contributed by atoms with Gasteiger partial charge >= 0.3 is 0 Å². The highest BCUT2D eigenvalue weighted by atomic mass is 35.5. The molecule has 1 aromatic rings. The number of halogens is 1. The highest BCUT2D eigenvalue weighted by Crippen LogP contribution is 2.07. The molecule has 0 fully saturated rings. The monoisotopic (exact) mass is 283 g/mol. The van der Waals surface area contributed by atoms with E-state index in [4.69, 9.17) is 16.3 Å². The maximum atomic E-state index is 11.9. The molecule has 1 N–H and O–H groups in total. The van der Waals surface area contributed by atoms with Crippen LogP contribution in [-0.2, 0) is 10.6 Å². The molecule has 0 saturated carbocycles. The molecule has 0 saturated heterocycles. The molecule has 0 atom stereocenters. The average molecular weight is 284 g/mol. The van der Waals surface area contributed by atoms with Crippen molar-refractivity contribution in [2.75, 3.05) is 19.8 Å². The van der Waals surface area contributed by atoms with E-state index < -0.39 is 0 Å². The lowest BCUT2D eigenvalue weighted by Gasteiger charge is -2.08. The van der Waals surface area contributed by atoms with Gasteiger partial charge in [0, 0.05) is 31.2 Å². The standard InChI is InChI=1S/C15H22ClNO2/c1-12(2)11-19-8-4-7-17-15(18)14-6-3-5-13(9-14)10-16/h3,5-6,9,12H,4,7-8,10-11H2,1-2H3,(H,17,18). The third-order valence-electron chi connectivity index (χ3n) is 2.55. The number of hydrogen-bond donors (Lipinski definition) is 1. The Bertz CT molecular complexity index is 393. The van der Waals surface area contributed by atoms with Crippen LogP contribution in [-0.4, -0.2) is 25.7 Å². The van der Waals surface area contributed by atoms with Crippen molar-refractivity contribution in [3.63, 3.8) is 0 Å². The summed E-state index contributed by atoms with van der Waals surface area (Å²) in [6.45, 7) is 6.31. The number of rotatable bonds is 8. The van der Waals surface area contributed by atoms with Crippen molar-refractivity contribution in [1.82, 2.24) is 5.32 Å². The predicted octanol–water partition coefficient (Wildman–Crippen LogP) is 3.22. The maximum absolute atomic E-state index is 11.9. The van der Waals surface area contributed by atoms with E-state index in [0.717, 1.165) is 18.6 Å². The quantitative estimate of drug-likeness (QED) is 0.588. The summed E-state index contributed by atoms with van der Waals surface area (Å²) < 4.78 is 5.45. The zero-order chi connectivity index (χ0) is 14.1. The number of benzene rings is 1. The molecule has 4 heteroatoms. The van der Waals surface area contributed by atoms with Crippen LogP contribution in [0.3, 0.4) is 0 Å². The number of ether oxygens (including phenoxy) is 1. The highest BCUT2D eigenvalue weighted by Gasteiger charge is 2.05. The predicted molar refractivity (Wildman–Crippen MR) is 78.6 cm³/mol. The van der Waals surface area contributed by atoms with Crippen molar-refractivity contribution in [2.45, 2.75) is 26.1 Å². The molecule has 0 aromatic heterocycles. The van der Waals surface area contributed by atoms with Gasteiger partial charge < -0.3 is 10.1 Å². The van der Waals surface area contributed by atoms with Crippen molar-refractivity contribution in [3.8, 4) is 0 Å². The molecule has 0 unspecified atom stereocenters. The molecule has 106 valence electrons. The van der Waals surface area contributed by atoms with Crippen LogP contribution in [0, 0.1) is 5.92 Å². The first-order chi connectivity index (χ1) is 9.13. The Morgan fingerprint density at radius 1 is 1.42 bits per heavy atom. The third kappa shape index (κ3) is 6.60. The molecule has 0 radical (unpaired) electrons. The molecule has 1 aromatic carbocycles. The number of alkyl halides is 1. The topological polar surface area (TPSA) is 38.3 Å². The van der Waals surface area contributed by atoms with Gasteiger partial charge in [0.25, 0.3) is 5.91 Å². The third-order valence-corrected chi connectivity index (χ3v) is 2.85. The zero-order valence-corrected chi connectivity index (χ0v) is 12.4. The largest absolute Gasteiger partial charge is 0.381 e. The van der Waals surface area contributed by atoms with Gasteiger partial charge in [-0.15, -0.1) is 11.6 Å². The molecule has 0 aliphatic carbocycles. The lowest BCUT2D eigenvalue weighted by molar-refractivity contribution is 0.0925. The first-order valence-corrected chi connectivity index (χ1v) is 7.17. The van der Waals surface area contributed by atoms with Gasteiger partial charge in [0.1, 0.15) is 0 Å². The number of carbonyl (C=O) groups excluding carboxylic acids is 1. The van der Waals surface area contributed by atoms with E-state index in [1.165, 1.54) is 0 Å².